The van der Waals surface area contributed by atoms with Crippen molar-refractivity contribution in [2.75, 3.05) is 7.11 Å². The van der Waals surface area contributed by atoms with Crippen molar-refractivity contribution in [1.82, 2.24) is 0 Å². The van der Waals surface area contributed by atoms with Crippen LogP contribution in [0.2, 0.25) is 0 Å². The van der Waals surface area contributed by atoms with E-state index < -0.39 is 0 Å². The molecule has 3 nitrogen and oxygen atoms in total. The van der Waals surface area contributed by atoms with Gasteiger partial charge < -0.3 is 14.6 Å². The van der Waals surface area contributed by atoms with Crippen LogP contribution < -0.4 is 9.47 Å². The van der Waals surface area contributed by atoms with E-state index in [-0.39, 0.29) is 12.2 Å². The van der Waals surface area contributed by atoms with Crippen LogP contribution in [0.5, 0.6) is 11.5 Å². The van der Waals surface area contributed by atoms with E-state index in [1.165, 1.54) is 0 Å². The molecule has 1 aromatic rings. The lowest BCUT2D eigenvalue weighted by Crippen LogP contribution is -2.25. The van der Waals surface area contributed by atoms with Gasteiger partial charge in [0.2, 0.25) is 0 Å². The van der Waals surface area contributed by atoms with Gasteiger partial charge in [-0.3, -0.25) is 0 Å². The zero-order chi connectivity index (χ0) is 11.5. The molecule has 0 bridgehead atoms. The van der Waals surface area contributed by atoms with Crippen LogP contribution in [0.4, 0.5) is 0 Å². The number of hydrogen-bond acceptors (Lipinski definition) is 3. The Labute approximate surface area is 104 Å². The molecule has 1 aliphatic rings. The third-order valence-corrected chi connectivity index (χ3v) is 3.45. The smallest absolute Gasteiger partial charge is 0.134 e. The van der Waals surface area contributed by atoms with Crippen LogP contribution in [-0.2, 0) is 0 Å². The molecule has 16 heavy (non-hydrogen) atoms. The first-order valence-electron chi connectivity index (χ1n) is 5.39. The molecule has 0 heterocycles. The summed E-state index contributed by atoms with van der Waals surface area (Å²) in [5, 5.41) is 9.68. The summed E-state index contributed by atoms with van der Waals surface area (Å²) in [6.07, 6.45) is 2.36. The van der Waals surface area contributed by atoms with Crippen LogP contribution in [0.25, 0.3) is 0 Å². The maximum Gasteiger partial charge on any atom is 0.134 e. The molecule has 88 valence electrons. The summed E-state index contributed by atoms with van der Waals surface area (Å²) in [4.78, 5) is 0. The van der Waals surface area contributed by atoms with E-state index in [9.17, 15) is 5.11 Å². The highest BCUT2D eigenvalue weighted by Gasteiger charge is 2.27. The summed E-state index contributed by atoms with van der Waals surface area (Å²) < 4.78 is 11.7. The Morgan fingerprint density at radius 1 is 1.38 bits per heavy atom. The maximum absolute atomic E-state index is 9.68. The highest BCUT2D eigenvalue weighted by molar-refractivity contribution is 9.10. The van der Waals surface area contributed by atoms with Gasteiger partial charge in [0.15, 0.2) is 0 Å². The normalized spacial score (nSPS) is 24.4. The molecule has 2 atom stereocenters. The Morgan fingerprint density at radius 3 is 2.75 bits per heavy atom. The monoisotopic (exact) mass is 286 g/mol. The lowest BCUT2D eigenvalue weighted by atomic mass is 10.2. The van der Waals surface area contributed by atoms with Crippen LogP contribution in [0.1, 0.15) is 19.3 Å². The van der Waals surface area contributed by atoms with Gasteiger partial charge in [-0.15, -0.1) is 0 Å². The SMILES string of the molecule is COc1ccc(O[C@@H]2CCC[C@H]2O)c(Br)c1. The zero-order valence-corrected chi connectivity index (χ0v) is 10.7. The molecule has 1 saturated carbocycles. The first-order chi connectivity index (χ1) is 7.70. The van der Waals surface area contributed by atoms with Gasteiger partial charge in [0, 0.05) is 0 Å². The number of ether oxygens (including phenoxy) is 2. The quantitative estimate of drug-likeness (QED) is 0.929. The van der Waals surface area contributed by atoms with Crippen molar-refractivity contribution in [2.45, 2.75) is 31.5 Å². The third-order valence-electron chi connectivity index (χ3n) is 2.84. The fourth-order valence-electron chi connectivity index (χ4n) is 1.91. The van der Waals surface area contributed by atoms with Crippen molar-refractivity contribution < 1.29 is 14.6 Å². The molecule has 1 aromatic carbocycles. The molecule has 0 amide bonds. The number of hydrogen-bond donors (Lipinski definition) is 1. The number of methoxy groups -OCH3 is 1. The molecular formula is C12H15BrO3. The molecule has 0 aliphatic heterocycles. The Morgan fingerprint density at radius 2 is 2.19 bits per heavy atom. The summed E-state index contributed by atoms with van der Waals surface area (Å²) in [5.74, 6) is 1.54. The average molecular weight is 287 g/mol. The molecular weight excluding hydrogens is 272 g/mol. The summed E-state index contributed by atoms with van der Waals surface area (Å²) in [6, 6.07) is 5.56. The fraction of sp³-hybridized carbons (Fsp3) is 0.500. The molecule has 0 aromatic heterocycles. The Hall–Kier alpha value is -0.740. The highest BCUT2D eigenvalue weighted by atomic mass is 79.9. The van der Waals surface area contributed by atoms with Crippen LogP contribution >= 0.6 is 15.9 Å². The Kier molecular flexibility index (Phi) is 3.71. The van der Waals surface area contributed by atoms with Gasteiger partial charge in [-0.1, -0.05) is 0 Å². The van der Waals surface area contributed by atoms with Gasteiger partial charge in [0.25, 0.3) is 0 Å². The molecule has 4 heteroatoms. The van der Waals surface area contributed by atoms with Crippen molar-refractivity contribution in [2.24, 2.45) is 0 Å². The predicted octanol–water partition coefficient (Wildman–Crippen LogP) is 2.75. The second kappa shape index (κ2) is 5.06. The van der Waals surface area contributed by atoms with E-state index in [1.807, 2.05) is 18.2 Å². The van der Waals surface area contributed by atoms with Gasteiger partial charge in [-0.2, -0.15) is 0 Å². The van der Waals surface area contributed by atoms with Gasteiger partial charge in [-0.25, -0.2) is 0 Å². The second-order valence-corrected chi connectivity index (χ2v) is 4.81. The number of rotatable bonds is 3. The summed E-state index contributed by atoms with van der Waals surface area (Å²) in [5.41, 5.74) is 0. The third kappa shape index (κ3) is 2.50. The van der Waals surface area contributed by atoms with E-state index in [1.54, 1.807) is 7.11 Å². The zero-order valence-electron chi connectivity index (χ0n) is 9.15. The summed E-state index contributed by atoms with van der Waals surface area (Å²) in [7, 11) is 1.63. The second-order valence-electron chi connectivity index (χ2n) is 3.95. The lowest BCUT2D eigenvalue weighted by Gasteiger charge is -2.18. The van der Waals surface area contributed by atoms with Crippen LogP contribution in [0.15, 0.2) is 22.7 Å². The van der Waals surface area contributed by atoms with Crippen molar-refractivity contribution >= 4 is 15.9 Å². The van der Waals surface area contributed by atoms with Gasteiger partial charge in [0.05, 0.1) is 17.7 Å². The van der Waals surface area contributed by atoms with E-state index in [0.717, 1.165) is 35.2 Å². The van der Waals surface area contributed by atoms with Gasteiger partial charge in [-0.05, 0) is 53.4 Å². The van der Waals surface area contributed by atoms with E-state index in [0.29, 0.717) is 0 Å². The molecule has 0 radical (unpaired) electrons. The molecule has 0 saturated heterocycles. The summed E-state index contributed by atoms with van der Waals surface area (Å²) in [6.45, 7) is 0. The first kappa shape index (κ1) is 11.7. The lowest BCUT2D eigenvalue weighted by molar-refractivity contribution is 0.0599. The number of benzene rings is 1. The maximum atomic E-state index is 9.68. The van der Waals surface area contributed by atoms with Crippen molar-refractivity contribution in [3.63, 3.8) is 0 Å². The first-order valence-corrected chi connectivity index (χ1v) is 6.18. The van der Waals surface area contributed by atoms with Crippen LogP contribution in [0.3, 0.4) is 0 Å². The molecule has 0 unspecified atom stereocenters. The van der Waals surface area contributed by atoms with E-state index in [4.69, 9.17) is 9.47 Å². The minimum Gasteiger partial charge on any atom is -0.497 e. The molecule has 1 aliphatic carbocycles. The standard InChI is InChI=1S/C12H15BrO3/c1-15-8-5-6-11(9(13)7-8)16-12-4-2-3-10(12)14/h5-7,10,12,14H,2-4H2,1H3/t10-,12-/m1/s1. The van der Waals surface area contributed by atoms with Crippen molar-refractivity contribution in [3.8, 4) is 11.5 Å². The fourth-order valence-corrected chi connectivity index (χ4v) is 2.36. The topological polar surface area (TPSA) is 38.7 Å². The van der Waals surface area contributed by atoms with E-state index >= 15 is 0 Å². The molecule has 2 rings (SSSR count). The largest absolute Gasteiger partial charge is 0.497 e. The van der Waals surface area contributed by atoms with Gasteiger partial charge >= 0.3 is 0 Å². The van der Waals surface area contributed by atoms with Gasteiger partial charge in [0.1, 0.15) is 17.6 Å². The van der Waals surface area contributed by atoms with Crippen molar-refractivity contribution in [3.05, 3.63) is 22.7 Å². The van der Waals surface area contributed by atoms with Crippen LogP contribution in [0, 0.1) is 0 Å². The van der Waals surface area contributed by atoms with E-state index in [2.05, 4.69) is 15.9 Å². The highest BCUT2D eigenvalue weighted by Crippen LogP contribution is 2.32. The number of aliphatic hydroxyl groups is 1. The van der Waals surface area contributed by atoms with Crippen molar-refractivity contribution in [1.29, 1.82) is 0 Å². The molecule has 0 spiro atoms. The average Bonchev–Trinajstić information content (AvgIpc) is 2.67. The Bertz CT molecular complexity index is 367. The molecule has 1 fully saturated rings. The minimum absolute atomic E-state index is 0.0790. The predicted molar refractivity (Wildman–Crippen MR) is 65.0 cm³/mol. The summed E-state index contributed by atoms with van der Waals surface area (Å²) >= 11 is 3.43. The minimum atomic E-state index is -0.339. The van der Waals surface area contributed by atoms with Crippen LogP contribution in [-0.4, -0.2) is 24.4 Å². The number of aliphatic hydroxyl groups excluding tert-OH is 1. The Balaban J connectivity index is 2.09. The molecule has 1 N–H and O–H groups in total. The number of halogens is 1.